The summed E-state index contributed by atoms with van der Waals surface area (Å²) in [6.45, 7) is 6.14. The third kappa shape index (κ3) is 2.87. The number of aromatic nitrogens is 1. The molecule has 1 aliphatic carbocycles. The number of morpholine rings is 1. The zero-order valence-corrected chi connectivity index (χ0v) is 13.4. The van der Waals surface area contributed by atoms with Gasteiger partial charge in [0.05, 0.1) is 23.3 Å². The molecule has 1 N–H and O–H groups in total. The summed E-state index contributed by atoms with van der Waals surface area (Å²) in [6.07, 6.45) is 2.63. The molecule has 2 heterocycles. The molecule has 123 valence electrons. The van der Waals surface area contributed by atoms with Gasteiger partial charge in [-0.25, -0.2) is 4.39 Å². The van der Waals surface area contributed by atoms with Gasteiger partial charge in [-0.2, -0.15) is 0 Å². The van der Waals surface area contributed by atoms with Crippen molar-refractivity contribution in [3.8, 4) is 0 Å². The SMILES string of the molecule is C[C@@H]1CN(c2[c]cc3c(NCC4CC4)noc3c2F)C[C@H](C)O1. The number of hydrogen-bond acceptors (Lipinski definition) is 5. The van der Waals surface area contributed by atoms with E-state index in [9.17, 15) is 4.39 Å². The average molecular weight is 318 g/mol. The predicted molar refractivity (Wildman–Crippen MR) is 86.2 cm³/mol. The van der Waals surface area contributed by atoms with Gasteiger partial charge in [0.25, 0.3) is 0 Å². The first-order chi connectivity index (χ1) is 11.1. The van der Waals surface area contributed by atoms with Crippen molar-refractivity contribution in [2.75, 3.05) is 29.9 Å². The number of fused-ring (bicyclic) bond motifs is 1. The fourth-order valence-electron chi connectivity index (χ4n) is 3.18. The van der Waals surface area contributed by atoms with Gasteiger partial charge < -0.3 is 19.5 Å². The van der Waals surface area contributed by atoms with E-state index in [0.717, 1.165) is 6.54 Å². The van der Waals surface area contributed by atoms with Crippen LogP contribution >= 0.6 is 0 Å². The van der Waals surface area contributed by atoms with E-state index in [1.54, 1.807) is 6.07 Å². The molecule has 1 aromatic carbocycles. The van der Waals surface area contributed by atoms with Gasteiger partial charge in [-0.15, -0.1) is 0 Å². The lowest BCUT2D eigenvalue weighted by molar-refractivity contribution is -0.00540. The summed E-state index contributed by atoms with van der Waals surface area (Å²) in [5.74, 6) is 0.930. The van der Waals surface area contributed by atoms with Crippen LogP contribution in [0.4, 0.5) is 15.9 Å². The normalized spacial score (nSPS) is 25.1. The zero-order valence-electron chi connectivity index (χ0n) is 13.4. The Morgan fingerprint density at radius 3 is 2.78 bits per heavy atom. The molecule has 1 aliphatic heterocycles. The van der Waals surface area contributed by atoms with Crippen LogP contribution in [0.25, 0.3) is 11.0 Å². The summed E-state index contributed by atoms with van der Waals surface area (Å²) in [6, 6.07) is 4.84. The Labute approximate surface area is 134 Å². The lowest BCUT2D eigenvalue weighted by atomic mass is 10.1. The molecule has 23 heavy (non-hydrogen) atoms. The number of hydrogen-bond donors (Lipinski definition) is 1. The lowest BCUT2D eigenvalue weighted by Crippen LogP contribution is -2.45. The highest BCUT2D eigenvalue weighted by Crippen LogP contribution is 2.34. The number of nitrogens with one attached hydrogen (secondary N) is 1. The molecule has 0 unspecified atom stereocenters. The molecule has 1 aromatic heterocycles. The molecule has 1 saturated carbocycles. The molecular formula is C17H21FN3O2. The van der Waals surface area contributed by atoms with Gasteiger partial charge >= 0.3 is 0 Å². The third-order valence-electron chi connectivity index (χ3n) is 4.48. The standard InChI is InChI=1S/C17H21FN3O2/c1-10-8-21(9-11(2)22-10)14-6-5-13-16(15(14)18)23-20-17(13)19-7-12-3-4-12/h5,10-12H,3-4,7-9H2,1-2H3,(H,19,20)/t10-,11+. The van der Waals surface area contributed by atoms with Crippen molar-refractivity contribution >= 4 is 22.5 Å². The maximum Gasteiger partial charge on any atom is 0.206 e. The molecular weight excluding hydrogens is 297 g/mol. The van der Waals surface area contributed by atoms with Crippen molar-refractivity contribution in [3.63, 3.8) is 0 Å². The first-order valence-corrected chi connectivity index (χ1v) is 8.25. The number of halogens is 1. The maximum absolute atomic E-state index is 14.9. The number of nitrogens with zero attached hydrogens (tertiary/aromatic N) is 2. The van der Waals surface area contributed by atoms with Crippen molar-refractivity contribution in [3.05, 3.63) is 17.9 Å². The molecule has 1 radical (unpaired) electrons. The van der Waals surface area contributed by atoms with Crippen LogP contribution in [0.15, 0.2) is 10.6 Å². The Morgan fingerprint density at radius 2 is 2.09 bits per heavy atom. The molecule has 2 atom stereocenters. The third-order valence-corrected chi connectivity index (χ3v) is 4.48. The first kappa shape index (κ1) is 14.8. The predicted octanol–water partition coefficient (Wildman–Crippen LogP) is 3.20. The van der Waals surface area contributed by atoms with E-state index in [1.165, 1.54) is 12.8 Å². The Hall–Kier alpha value is -1.82. The molecule has 1 saturated heterocycles. The van der Waals surface area contributed by atoms with E-state index in [2.05, 4.69) is 16.5 Å². The highest BCUT2D eigenvalue weighted by atomic mass is 19.1. The number of anilines is 2. The van der Waals surface area contributed by atoms with Crippen molar-refractivity contribution in [1.82, 2.24) is 5.16 Å². The van der Waals surface area contributed by atoms with Crippen LogP contribution in [-0.4, -0.2) is 37.0 Å². The summed E-state index contributed by atoms with van der Waals surface area (Å²) in [4.78, 5) is 1.97. The highest BCUT2D eigenvalue weighted by molar-refractivity contribution is 5.90. The van der Waals surface area contributed by atoms with Crippen molar-refractivity contribution in [1.29, 1.82) is 0 Å². The van der Waals surface area contributed by atoms with Crippen LogP contribution in [0.3, 0.4) is 0 Å². The van der Waals surface area contributed by atoms with Gasteiger partial charge in [-0.05, 0) is 38.7 Å². The summed E-state index contributed by atoms with van der Waals surface area (Å²) >= 11 is 0. The Morgan fingerprint density at radius 1 is 1.35 bits per heavy atom. The first-order valence-electron chi connectivity index (χ1n) is 8.25. The topological polar surface area (TPSA) is 50.5 Å². The summed E-state index contributed by atoms with van der Waals surface area (Å²) in [7, 11) is 0. The second-order valence-corrected chi connectivity index (χ2v) is 6.71. The maximum atomic E-state index is 14.9. The van der Waals surface area contributed by atoms with E-state index in [0.29, 0.717) is 35.9 Å². The molecule has 6 heteroatoms. The second kappa shape index (κ2) is 5.67. The zero-order chi connectivity index (χ0) is 16.0. The number of benzene rings is 1. The molecule has 2 aliphatic rings. The minimum atomic E-state index is -0.393. The van der Waals surface area contributed by atoms with Crippen LogP contribution in [0.5, 0.6) is 0 Å². The fraction of sp³-hybridized carbons (Fsp3) is 0.588. The summed E-state index contributed by atoms with van der Waals surface area (Å²) < 4.78 is 25.8. The Bertz CT molecular complexity index is 703. The van der Waals surface area contributed by atoms with Crippen LogP contribution in [0.1, 0.15) is 26.7 Å². The van der Waals surface area contributed by atoms with E-state index in [-0.39, 0.29) is 17.8 Å². The van der Waals surface area contributed by atoms with Gasteiger partial charge in [0.2, 0.25) is 5.58 Å². The molecule has 5 nitrogen and oxygen atoms in total. The van der Waals surface area contributed by atoms with E-state index < -0.39 is 5.82 Å². The van der Waals surface area contributed by atoms with Gasteiger partial charge in [0.1, 0.15) is 0 Å². The number of rotatable bonds is 4. The van der Waals surface area contributed by atoms with E-state index in [4.69, 9.17) is 9.26 Å². The molecule has 0 spiro atoms. The monoisotopic (exact) mass is 318 g/mol. The lowest BCUT2D eigenvalue weighted by Gasteiger charge is -2.36. The van der Waals surface area contributed by atoms with Gasteiger partial charge in [0, 0.05) is 25.7 Å². The quantitative estimate of drug-likeness (QED) is 0.938. The minimum Gasteiger partial charge on any atom is -0.372 e. The van der Waals surface area contributed by atoms with Crippen LogP contribution < -0.4 is 10.2 Å². The molecule has 2 aromatic rings. The highest BCUT2D eigenvalue weighted by Gasteiger charge is 2.27. The number of ether oxygens (including phenoxy) is 1. The van der Waals surface area contributed by atoms with E-state index >= 15 is 0 Å². The smallest absolute Gasteiger partial charge is 0.206 e. The molecule has 4 rings (SSSR count). The van der Waals surface area contributed by atoms with E-state index in [1.807, 2.05) is 18.7 Å². The average Bonchev–Trinajstić information content (AvgIpc) is 3.24. The molecule has 0 bridgehead atoms. The van der Waals surface area contributed by atoms with Crippen molar-refractivity contribution < 1.29 is 13.7 Å². The summed E-state index contributed by atoms with van der Waals surface area (Å²) in [5.41, 5.74) is 0.633. The van der Waals surface area contributed by atoms with Gasteiger partial charge in [-0.1, -0.05) is 5.16 Å². The van der Waals surface area contributed by atoms with Crippen molar-refractivity contribution in [2.24, 2.45) is 5.92 Å². The van der Waals surface area contributed by atoms with Crippen molar-refractivity contribution in [2.45, 2.75) is 38.9 Å². The largest absolute Gasteiger partial charge is 0.372 e. The van der Waals surface area contributed by atoms with Crippen LogP contribution in [0.2, 0.25) is 0 Å². The van der Waals surface area contributed by atoms with Crippen LogP contribution in [0, 0.1) is 17.8 Å². The molecule has 0 amide bonds. The molecule has 2 fully saturated rings. The van der Waals surface area contributed by atoms with Gasteiger partial charge in [-0.3, -0.25) is 0 Å². The van der Waals surface area contributed by atoms with Crippen LogP contribution in [-0.2, 0) is 4.74 Å². The van der Waals surface area contributed by atoms with Gasteiger partial charge in [0.15, 0.2) is 11.6 Å². The Kier molecular flexibility index (Phi) is 3.64. The fourth-order valence-corrected chi connectivity index (χ4v) is 3.18. The Balaban J connectivity index is 1.62. The summed E-state index contributed by atoms with van der Waals surface area (Å²) in [5, 5.41) is 7.88. The second-order valence-electron chi connectivity index (χ2n) is 6.71. The minimum absolute atomic E-state index is 0.0627.